The van der Waals surface area contributed by atoms with Crippen LogP contribution in [0.2, 0.25) is 10.0 Å². The highest BCUT2D eigenvalue weighted by atomic mass is 35.5. The lowest BCUT2D eigenvalue weighted by Crippen LogP contribution is -2.01. The molecule has 0 spiro atoms. The molecule has 0 amide bonds. The first-order valence-electron chi connectivity index (χ1n) is 9.33. The van der Waals surface area contributed by atoms with E-state index >= 15 is 0 Å². The van der Waals surface area contributed by atoms with Gasteiger partial charge in [-0.15, -0.1) is 0 Å². The molecule has 2 nitrogen and oxygen atoms in total. The summed E-state index contributed by atoms with van der Waals surface area (Å²) in [6.07, 6.45) is 2.21. The van der Waals surface area contributed by atoms with Crippen LogP contribution in [0.3, 0.4) is 0 Å². The molecule has 0 fully saturated rings. The third-order valence-corrected chi connectivity index (χ3v) is 5.80. The van der Waals surface area contributed by atoms with E-state index in [2.05, 4.69) is 72.4 Å². The lowest BCUT2D eigenvalue weighted by Gasteiger charge is -2.08. The molecule has 0 saturated heterocycles. The molecular weight excluding hydrogens is 387 g/mol. The monoisotopic (exact) mass is 408 g/mol. The number of hydrogen-bond donors (Lipinski definition) is 1. The summed E-state index contributed by atoms with van der Waals surface area (Å²) in [7, 11) is 0. The summed E-state index contributed by atoms with van der Waals surface area (Å²) >= 11 is 12.4. The van der Waals surface area contributed by atoms with E-state index in [0.717, 1.165) is 17.8 Å². The molecule has 1 N–H and O–H groups in total. The maximum absolute atomic E-state index is 6.40. The molecule has 0 atom stereocenters. The van der Waals surface area contributed by atoms with Crippen LogP contribution in [-0.2, 0) is 13.1 Å². The second kappa shape index (κ2) is 7.90. The highest BCUT2D eigenvalue weighted by Crippen LogP contribution is 2.27. The van der Waals surface area contributed by atoms with Gasteiger partial charge in [-0.05, 0) is 66.4 Å². The number of halogens is 2. The summed E-state index contributed by atoms with van der Waals surface area (Å²) in [6.45, 7) is 5.75. The van der Waals surface area contributed by atoms with Gasteiger partial charge >= 0.3 is 0 Å². The average molecular weight is 409 g/mol. The molecule has 28 heavy (non-hydrogen) atoms. The summed E-state index contributed by atoms with van der Waals surface area (Å²) < 4.78 is 2.25. The number of aryl methyl sites for hydroxylation is 2. The molecular formula is C24H22Cl2N2. The molecule has 0 aliphatic carbocycles. The van der Waals surface area contributed by atoms with Gasteiger partial charge in [0.05, 0.1) is 0 Å². The zero-order valence-corrected chi connectivity index (χ0v) is 17.5. The third kappa shape index (κ3) is 3.89. The molecule has 0 radical (unpaired) electrons. The van der Waals surface area contributed by atoms with Gasteiger partial charge in [-0.2, -0.15) is 0 Å². The Morgan fingerprint density at radius 2 is 1.68 bits per heavy atom. The SMILES string of the molecule is Cc1ccc(NCc2cn(Cc3ccc(Cl)cc3Cl)c3ccccc23)cc1C. The number of benzene rings is 3. The van der Waals surface area contributed by atoms with Crippen molar-refractivity contribution in [1.82, 2.24) is 4.57 Å². The number of hydrogen-bond acceptors (Lipinski definition) is 1. The summed E-state index contributed by atoms with van der Waals surface area (Å²) in [5.74, 6) is 0. The quantitative estimate of drug-likeness (QED) is 0.368. The molecule has 3 aromatic carbocycles. The van der Waals surface area contributed by atoms with Crippen LogP contribution in [0, 0.1) is 13.8 Å². The molecule has 4 heteroatoms. The van der Waals surface area contributed by atoms with Gasteiger partial charge in [-0.25, -0.2) is 0 Å². The van der Waals surface area contributed by atoms with Crippen molar-refractivity contribution in [2.45, 2.75) is 26.9 Å². The minimum Gasteiger partial charge on any atom is -0.381 e. The minimum atomic E-state index is 0.657. The first-order valence-corrected chi connectivity index (χ1v) is 10.1. The summed E-state index contributed by atoms with van der Waals surface area (Å²) in [6, 6.07) is 20.6. The van der Waals surface area contributed by atoms with Gasteiger partial charge in [0, 0.05) is 45.9 Å². The second-order valence-electron chi connectivity index (χ2n) is 7.19. The first-order chi connectivity index (χ1) is 13.5. The van der Waals surface area contributed by atoms with Gasteiger partial charge in [0.2, 0.25) is 0 Å². The number of nitrogens with one attached hydrogen (secondary N) is 1. The van der Waals surface area contributed by atoms with Crippen molar-refractivity contribution in [3.63, 3.8) is 0 Å². The van der Waals surface area contributed by atoms with E-state index in [0.29, 0.717) is 16.6 Å². The number of nitrogens with zero attached hydrogens (tertiary/aromatic N) is 1. The zero-order chi connectivity index (χ0) is 19.7. The fourth-order valence-corrected chi connectivity index (χ4v) is 3.94. The summed E-state index contributed by atoms with van der Waals surface area (Å²) in [5.41, 5.74) is 7.26. The lowest BCUT2D eigenvalue weighted by atomic mass is 10.1. The first kappa shape index (κ1) is 18.9. The number of anilines is 1. The topological polar surface area (TPSA) is 17.0 Å². The molecule has 4 rings (SSSR count). The zero-order valence-electron chi connectivity index (χ0n) is 16.0. The largest absolute Gasteiger partial charge is 0.381 e. The van der Waals surface area contributed by atoms with Crippen molar-refractivity contribution >= 4 is 39.8 Å². The van der Waals surface area contributed by atoms with Crippen molar-refractivity contribution in [3.8, 4) is 0 Å². The molecule has 0 bridgehead atoms. The van der Waals surface area contributed by atoms with Gasteiger partial charge in [-0.3, -0.25) is 0 Å². The molecule has 0 saturated carbocycles. The molecule has 0 aliphatic rings. The Morgan fingerprint density at radius 3 is 2.46 bits per heavy atom. The van der Waals surface area contributed by atoms with E-state index in [9.17, 15) is 0 Å². The molecule has 0 aliphatic heterocycles. The summed E-state index contributed by atoms with van der Waals surface area (Å²) in [5, 5.41) is 6.17. The van der Waals surface area contributed by atoms with Crippen LogP contribution in [0.25, 0.3) is 10.9 Å². The van der Waals surface area contributed by atoms with Gasteiger partial charge in [-0.1, -0.05) is 53.5 Å². The number of aromatic nitrogens is 1. The Hall–Kier alpha value is -2.42. The van der Waals surface area contributed by atoms with Crippen molar-refractivity contribution in [2.24, 2.45) is 0 Å². The fourth-order valence-electron chi connectivity index (χ4n) is 3.48. The van der Waals surface area contributed by atoms with Crippen LogP contribution in [-0.4, -0.2) is 4.57 Å². The Labute approximate surface area is 175 Å². The van der Waals surface area contributed by atoms with E-state index in [1.807, 2.05) is 12.1 Å². The Kier molecular flexibility index (Phi) is 5.34. The standard InChI is InChI=1S/C24H22Cl2N2/c1-16-7-10-21(11-17(16)2)27-13-19-15-28(24-6-4-3-5-22(19)24)14-18-8-9-20(25)12-23(18)26/h3-12,15,27H,13-14H2,1-2H3. The van der Waals surface area contributed by atoms with Gasteiger partial charge in [0.15, 0.2) is 0 Å². The van der Waals surface area contributed by atoms with Crippen LogP contribution in [0.1, 0.15) is 22.3 Å². The van der Waals surface area contributed by atoms with E-state index in [-0.39, 0.29) is 0 Å². The highest BCUT2D eigenvalue weighted by molar-refractivity contribution is 6.35. The smallest absolute Gasteiger partial charge is 0.0491 e. The lowest BCUT2D eigenvalue weighted by molar-refractivity contribution is 0.831. The third-order valence-electron chi connectivity index (χ3n) is 5.22. The Morgan fingerprint density at radius 1 is 0.857 bits per heavy atom. The van der Waals surface area contributed by atoms with Crippen LogP contribution in [0.15, 0.2) is 66.9 Å². The van der Waals surface area contributed by atoms with Crippen molar-refractivity contribution < 1.29 is 0 Å². The molecule has 1 aromatic heterocycles. The van der Waals surface area contributed by atoms with E-state index < -0.39 is 0 Å². The Balaban J connectivity index is 1.63. The number of fused-ring (bicyclic) bond motifs is 1. The van der Waals surface area contributed by atoms with Gasteiger partial charge in [0.25, 0.3) is 0 Å². The van der Waals surface area contributed by atoms with Crippen molar-refractivity contribution in [1.29, 1.82) is 0 Å². The van der Waals surface area contributed by atoms with Crippen LogP contribution < -0.4 is 5.32 Å². The Bertz CT molecular complexity index is 1140. The summed E-state index contributed by atoms with van der Waals surface area (Å²) in [4.78, 5) is 0. The maximum Gasteiger partial charge on any atom is 0.0491 e. The average Bonchev–Trinajstić information content (AvgIpc) is 3.03. The molecule has 0 unspecified atom stereocenters. The number of rotatable bonds is 5. The van der Waals surface area contributed by atoms with Crippen LogP contribution >= 0.6 is 23.2 Å². The van der Waals surface area contributed by atoms with E-state index in [4.69, 9.17) is 23.2 Å². The van der Waals surface area contributed by atoms with Crippen LogP contribution in [0.5, 0.6) is 0 Å². The van der Waals surface area contributed by atoms with Gasteiger partial charge < -0.3 is 9.88 Å². The van der Waals surface area contributed by atoms with E-state index in [1.165, 1.54) is 27.6 Å². The predicted octanol–water partition coefficient (Wildman–Crippen LogP) is 7.23. The van der Waals surface area contributed by atoms with Crippen molar-refractivity contribution in [3.05, 3.63) is 99.2 Å². The minimum absolute atomic E-state index is 0.657. The number of para-hydroxylation sites is 1. The van der Waals surface area contributed by atoms with Crippen LogP contribution in [0.4, 0.5) is 5.69 Å². The molecule has 4 aromatic rings. The highest BCUT2D eigenvalue weighted by Gasteiger charge is 2.10. The molecule has 1 heterocycles. The second-order valence-corrected chi connectivity index (χ2v) is 8.03. The normalized spacial score (nSPS) is 11.1. The predicted molar refractivity (Wildman–Crippen MR) is 121 cm³/mol. The van der Waals surface area contributed by atoms with Crippen molar-refractivity contribution in [2.75, 3.05) is 5.32 Å². The van der Waals surface area contributed by atoms with E-state index in [1.54, 1.807) is 6.07 Å². The fraction of sp³-hybridized carbons (Fsp3) is 0.167. The van der Waals surface area contributed by atoms with Gasteiger partial charge in [0.1, 0.15) is 0 Å². The molecule has 142 valence electrons. The maximum atomic E-state index is 6.40.